The average Bonchev–Trinajstić information content (AvgIpc) is 2.84. The molecular formula is C15H18BrN3O. The molecule has 20 heavy (non-hydrogen) atoms. The number of aryl methyl sites for hydroxylation is 1. The third-order valence-electron chi connectivity index (χ3n) is 3.74. The summed E-state index contributed by atoms with van der Waals surface area (Å²) in [4.78, 5) is 4.71. The van der Waals surface area contributed by atoms with Gasteiger partial charge in [0.05, 0.1) is 18.4 Å². The number of halogens is 1. The summed E-state index contributed by atoms with van der Waals surface area (Å²) in [6.45, 7) is 4.91. The highest BCUT2D eigenvalue weighted by Crippen LogP contribution is 2.34. The molecule has 0 saturated heterocycles. The van der Waals surface area contributed by atoms with Gasteiger partial charge in [0.15, 0.2) is 0 Å². The van der Waals surface area contributed by atoms with Crippen molar-refractivity contribution in [1.82, 2.24) is 14.9 Å². The third-order valence-corrected chi connectivity index (χ3v) is 4.38. The van der Waals surface area contributed by atoms with Crippen molar-refractivity contribution in [3.05, 3.63) is 34.1 Å². The highest BCUT2D eigenvalue weighted by Gasteiger charge is 2.21. The Kier molecular flexibility index (Phi) is 3.81. The van der Waals surface area contributed by atoms with E-state index in [0.29, 0.717) is 0 Å². The monoisotopic (exact) mass is 335 g/mol. The molecule has 106 valence electrons. The van der Waals surface area contributed by atoms with Crippen molar-refractivity contribution in [2.75, 3.05) is 13.7 Å². The van der Waals surface area contributed by atoms with Crippen molar-refractivity contribution in [2.24, 2.45) is 0 Å². The maximum atomic E-state index is 5.52. The van der Waals surface area contributed by atoms with E-state index < -0.39 is 0 Å². The minimum Gasteiger partial charge on any atom is -0.496 e. The Labute approximate surface area is 127 Å². The fourth-order valence-electron chi connectivity index (χ4n) is 2.62. The molecule has 5 heteroatoms. The maximum Gasteiger partial charge on any atom is 0.145 e. The van der Waals surface area contributed by atoms with Crippen LogP contribution in [0, 0.1) is 0 Å². The summed E-state index contributed by atoms with van der Waals surface area (Å²) in [6.07, 6.45) is 1.01. The Morgan fingerprint density at radius 2 is 2.30 bits per heavy atom. The second kappa shape index (κ2) is 5.58. The summed E-state index contributed by atoms with van der Waals surface area (Å²) in [5.41, 5.74) is 3.57. The second-order valence-electron chi connectivity index (χ2n) is 4.89. The lowest BCUT2D eigenvalue weighted by Gasteiger charge is -2.19. The van der Waals surface area contributed by atoms with Crippen LogP contribution in [0.1, 0.15) is 18.2 Å². The zero-order chi connectivity index (χ0) is 14.1. The zero-order valence-corrected chi connectivity index (χ0v) is 13.3. The van der Waals surface area contributed by atoms with Gasteiger partial charge in [0.1, 0.15) is 16.2 Å². The summed E-state index contributed by atoms with van der Waals surface area (Å²) < 4.78 is 8.71. The lowest BCUT2D eigenvalue weighted by Crippen LogP contribution is -2.28. The lowest BCUT2D eigenvalue weighted by molar-refractivity contribution is 0.415. The van der Waals surface area contributed by atoms with Crippen molar-refractivity contribution >= 4 is 15.9 Å². The number of benzene rings is 1. The van der Waals surface area contributed by atoms with Gasteiger partial charge in [-0.25, -0.2) is 4.98 Å². The molecule has 1 aliphatic rings. The van der Waals surface area contributed by atoms with E-state index in [1.165, 1.54) is 11.3 Å². The van der Waals surface area contributed by atoms with Gasteiger partial charge >= 0.3 is 0 Å². The molecule has 1 N–H and O–H groups in total. The molecule has 1 aromatic heterocycles. The summed E-state index contributed by atoms with van der Waals surface area (Å²) in [6, 6.07) is 6.33. The molecule has 3 rings (SSSR count). The van der Waals surface area contributed by atoms with Crippen molar-refractivity contribution in [1.29, 1.82) is 0 Å². The Balaban J connectivity index is 2.17. The molecule has 0 aliphatic carbocycles. The fraction of sp³-hybridized carbons (Fsp3) is 0.400. The molecule has 0 amide bonds. The quantitative estimate of drug-likeness (QED) is 0.937. The Morgan fingerprint density at radius 3 is 3.05 bits per heavy atom. The first-order valence-electron chi connectivity index (χ1n) is 6.87. The number of fused-ring (bicyclic) bond motifs is 1. The van der Waals surface area contributed by atoms with Crippen LogP contribution in [-0.2, 0) is 19.5 Å². The van der Waals surface area contributed by atoms with Crippen molar-refractivity contribution in [3.63, 3.8) is 0 Å². The van der Waals surface area contributed by atoms with Gasteiger partial charge in [-0.2, -0.15) is 0 Å². The zero-order valence-electron chi connectivity index (χ0n) is 11.7. The number of ether oxygens (including phenoxy) is 1. The number of rotatable bonds is 3. The molecule has 0 spiro atoms. The van der Waals surface area contributed by atoms with E-state index >= 15 is 0 Å². The fourth-order valence-corrected chi connectivity index (χ4v) is 3.14. The van der Waals surface area contributed by atoms with E-state index in [1.54, 1.807) is 7.11 Å². The van der Waals surface area contributed by atoms with Crippen LogP contribution < -0.4 is 10.1 Å². The van der Waals surface area contributed by atoms with Crippen LogP contribution in [0.5, 0.6) is 5.75 Å². The van der Waals surface area contributed by atoms with E-state index in [2.05, 4.69) is 44.9 Å². The van der Waals surface area contributed by atoms with Crippen LogP contribution in [0.4, 0.5) is 0 Å². The predicted octanol–water partition coefficient (Wildman–Crippen LogP) is 2.99. The minimum atomic E-state index is 0.851. The van der Waals surface area contributed by atoms with Crippen LogP contribution in [0.2, 0.25) is 0 Å². The van der Waals surface area contributed by atoms with Crippen LogP contribution in [0.3, 0.4) is 0 Å². The van der Waals surface area contributed by atoms with E-state index in [-0.39, 0.29) is 0 Å². The van der Waals surface area contributed by atoms with Gasteiger partial charge in [-0.1, -0.05) is 13.0 Å². The summed E-state index contributed by atoms with van der Waals surface area (Å²) in [5, 5.41) is 3.38. The van der Waals surface area contributed by atoms with E-state index in [0.717, 1.165) is 47.8 Å². The van der Waals surface area contributed by atoms with Gasteiger partial charge < -0.3 is 14.6 Å². The molecule has 0 unspecified atom stereocenters. The van der Waals surface area contributed by atoms with Crippen LogP contribution >= 0.6 is 15.9 Å². The molecular weight excluding hydrogens is 318 g/mol. The average molecular weight is 336 g/mol. The molecule has 0 bridgehead atoms. The smallest absolute Gasteiger partial charge is 0.145 e. The molecule has 0 atom stereocenters. The highest BCUT2D eigenvalue weighted by molar-refractivity contribution is 9.10. The van der Waals surface area contributed by atoms with Gasteiger partial charge in [0, 0.05) is 19.6 Å². The lowest BCUT2D eigenvalue weighted by atomic mass is 10.1. The first kappa shape index (κ1) is 13.6. The van der Waals surface area contributed by atoms with Crippen LogP contribution in [0.25, 0.3) is 11.4 Å². The first-order chi connectivity index (χ1) is 9.74. The summed E-state index contributed by atoms with van der Waals surface area (Å²) in [7, 11) is 1.71. The molecule has 0 radical (unpaired) electrons. The van der Waals surface area contributed by atoms with E-state index in [9.17, 15) is 0 Å². The van der Waals surface area contributed by atoms with Crippen LogP contribution in [-0.4, -0.2) is 23.2 Å². The first-order valence-corrected chi connectivity index (χ1v) is 7.66. The molecule has 0 fully saturated rings. The van der Waals surface area contributed by atoms with E-state index in [4.69, 9.17) is 9.72 Å². The van der Waals surface area contributed by atoms with Gasteiger partial charge in [-0.15, -0.1) is 0 Å². The topological polar surface area (TPSA) is 39.1 Å². The number of imidazole rings is 1. The Morgan fingerprint density at radius 1 is 1.45 bits per heavy atom. The Hall–Kier alpha value is -1.33. The largest absolute Gasteiger partial charge is 0.496 e. The number of aromatic nitrogens is 2. The number of hydrogen-bond donors (Lipinski definition) is 1. The van der Waals surface area contributed by atoms with Gasteiger partial charge in [0.2, 0.25) is 0 Å². The normalized spacial score (nSPS) is 14.2. The van der Waals surface area contributed by atoms with Crippen LogP contribution in [0.15, 0.2) is 22.8 Å². The van der Waals surface area contributed by atoms with Gasteiger partial charge in [-0.3, -0.25) is 0 Å². The van der Waals surface area contributed by atoms with E-state index in [1.807, 2.05) is 6.07 Å². The summed E-state index contributed by atoms with van der Waals surface area (Å²) in [5.74, 6) is 1.86. The number of hydrogen-bond acceptors (Lipinski definition) is 3. The van der Waals surface area contributed by atoms with Crippen molar-refractivity contribution in [3.8, 4) is 17.1 Å². The van der Waals surface area contributed by atoms with Crippen molar-refractivity contribution in [2.45, 2.75) is 26.4 Å². The second-order valence-corrected chi connectivity index (χ2v) is 5.64. The maximum absolute atomic E-state index is 5.52. The van der Waals surface area contributed by atoms with Crippen molar-refractivity contribution < 1.29 is 4.74 Å². The molecule has 1 aliphatic heterocycles. The number of methoxy groups -OCH3 is 1. The highest BCUT2D eigenvalue weighted by atomic mass is 79.9. The van der Waals surface area contributed by atoms with Gasteiger partial charge in [-0.05, 0) is 40.0 Å². The summed E-state index contributed by atoms with van der Waals surface area (Å²) >= 11 is 3.57. The molecule has 4 nitrogen and oxygen atoms in total. The SMILES string of the molecule is CCc1ccc(OC)c(-c2nc(Br)c3n2CCNC3)c1. The molecule has 2 aromatic rings. The third kappa shape index (κ3) is 2.25. The molecule has 2 heterocycles. The minimum absolute atomic E-state index is 0.851. The molecule has 0 saturated carbocycles. The van der Waals surface area contributed by atoms with Gasteiger partial charge in [0.25, 0.3) is 0 Å². The standard InChI is InChI=1S/C15H18BrN3O/c1-3-10-4-5-13(20-2)11(8-10)15-18-14(16)12-9-17-6-7-19(12)15/h4-5,8,17H,3,6-7,9H2,1-2H3. The Bertz CT molecular complexity index is 636. The number of nitrogens with one attached hydrogen (secondary N) is 1. The molecule has 1 aromatic carbocycles. The predicted molar refractivity (Wildman–Crippen MR) is 83.0 cm³/mol. The number of nitrogens with zero attached hydrogens (tertiary/aromatic N) is 2.